The summed E-state index contributed by atoms with van der Waals surface area (Å²) in [7, 11) is -4.37. The minimum atomic E-state index is -4.37. The summed E-state index contributed by atoms with van der Waals surface area (Å²) in [4.78, 5) is -1.04. The number of hydrogen-bond acceptors (Lipinski definition) is 3. The first-order valence-corrected chi connectivity index (χ1v) is 6.85. The predicted molar refractivity (Wildman–Crippen MR) is 63.5 cm³/mol. The van der Waals surface area contributed by atoms with Gasteiger partial charge in [-0.05, 0) is 28.1 Å². The van der Waals surface area contributed by atoms with E-state index in [4.69, 9.17) is 0 Å². The molecular weight excluding hydrogens is 332 g/mol. The quantitative estimate of drug-likeness (QED) is 0.901. The van der Waals surface area contributed by atoms with Gasteiger partial charge in [0.05, 0.1) is 10.7 Å². The van der Waals surface area contributed by atoms with E-state index in [-0.39, 0.29) is 5.82 Å². The molecule has 0 bridgehead atoms. The largest absolute Gasteiger partial charge is 0.268 e. The zero-order valence-corrected chi connectivity index (χ0v) is 11.0. The van der Waals surface area contributed by atoms with Crippen molar-refractivity contribution in [1.82, 2.24) is 10.2 Å². The van der Waals surface area contributed by atoms with Crippen LogP contribution in [0.25, 0.3) is 0 Å². The molecule has 0 aliphatic carbocycles. The lowest BCUT2D eigenvalue weighted by Gasteiger charge is -2.08. The fourth-order valence-corrected chi connectivity index (χ4v) is 2.86. The van der Waals surface area contributed by atoms with Crippen LogP contribution in [0.3, 0.4) is 0 Å². The molecule has 5 nitrogen and oxygen atoms in total. The minimum Gasteiger partial charge on any atom is -0.263 e. The Morgan fingerprint density at radius 3 is 2.39 bits per heavy atom. The second-order valence-corrected chi connectivity index (χ2v) is 5.72. The molecule has 2 N–H and O–H groups in total. The molecule has 1 aromatic carbocycles. The van der Waals surface area contributed by atoms with Gasteiger partial charge in [0.25, 0.3) is 10.0 Å². The summed E-state index contributed by atoms with van der Waals surface area (Å²) < 4.78 is 52.7. The molecule has 0 aliphatic rings. The summed E-state index contributed by atoms with van der Waals surface area (Å²) in [6.07, 6.45) is 1.30. The summed E-state index contributed by atoms with van der Waals surface area (Å²) in [5.74, 6) is -2.35. The summed E-state index contributed by atoms with van der Waals surface area (Å²) in [6, 6.07) is 2.80. The van der Waals surface area contributed by atoms with Crippen molar-refractivity contribution in [1.29, 1.82) is 0 Å². The Morgan fingerprint density at radius 1 is 1.28 bits per heavy atom. The molecule has 9 heteroatoms. The Labute approximate surface area is 109 Å². The summed E-state index contributed by atoms with van der Waals surface area (Å²) in [5, 5.41) is 5.90. The molecular formula is C9H6BrF2N3O2S. The van der Waals surface area contributed by atoms with E-state index in [2.05, 4.69) is 26.1 Å². The number of H-pyrrole nitrogens is 1. The number of rotatable bonds is 3. The molecule has 18 heavy (non-hydrogen) atoms. The van der Waals surface area contributed by atoms with Gasteiger partial charge in [-0.1, -0.05) is 6.07 Å². The number of nitrogens with one attached hydrogen (secondary N) is 2. The highest BCUT2D eigenvalue weighted by Gasteiger charge is 2.24. The number of anilines is 1. The fourth-order valence-electron chi connectivity index (χ4n) is 1.27. The molecule has 1 heterocycles. The third kappa shape index (κ3) is 2.36. The van der Waals surface area contributed by atoms with Crippen molar-refractivity contribution in [3.8, 4) is 0 Å². The third-order valence-corrected chi connectivity index (χ3v) is 4.02. The molecule has 0 aliphatic heterocycles. The molecule has 0 saturated heterocycles. The summed E-state index contributed by atoms with van der Waals surface area (Å²) >= 11 is 3.02. The van der Waals surface area contributed by atoms with Gasteiger partial charge >= 0.3 is 0 Å². The van der Waals surface area contributed by atoms with Crippen LogP contribution >= 0.6 is 15.9 Å². The molecule has 0 amide bonds. The molecule has 0 radical (unpaired) electrons. The second-order valence-electron chi connectivity index (χ2n) is 3.25. The molecule has 2 aromatic rings. The molecule has 96 valence electrons. The van der Waals surface area contributed by atoms with Crippen LogP contribution in [0.4, 0.5) is 14.6 Å². The normalized spacial score (nSPS) is 11.5. The van der Waals surface area contributed by atoms with Gasteiger partial charge in [0.2, 0.25) is 0 Å². The maximum absolute atomic E-state index is 13.4. The SMILES string of the molecule is O=S(=O)(Nc1[nH]ncc1Br)c1c(F)cccc1F. The Hall–Kier alpha value is -1.48. The Bertz CT molecular complexity index is 667. The van der Waals surface area contributed by atoms with Crippen molar-refractivity contribution in [2.24, 2.45) is 0 Å². The molecule has 0 atom stereocenters. The van der Waals surface area contributed by atoms with Crippen LogP contribution in [-0.4, -0.2) is 18.6 Å². The van der Waals surface area contributed by atoms with E-state index in [1.807, 2.05) is 4.72 Å². The van der Waals surface area contributed by atoms with Crippen LogP contribution in [0.15, 0.2) is 33.8 Å². The first-order chi connectivity index (χ1) is 8.42. The average Bonchev–Trinajstić information content (AvgIpc) is 2.63. The molecule has 0 spiro atoms. The number of aromatic nitrogens is 2. The van der Waals surface area contributed by atoms with Gasteiger partial charge < -0.3 is 0 Å². The van der Waals surface area contributed by atoms with Crippen LogP contribution in [0.2, 0.25) is 0 Å². The van der Waals surface area contributed by atoms with E-state index in [0.717, 1.165) is 18.2 Å². The Morgan fingerprint density at radius 2 is 1.89 bits per heavy atom. The van der Waals surface area contributed by atoms with Crippen molar-refractivity contribution in [2.75, 3.05) is 4.72 Å². The highest BCUT2D eigenvalue weighted by atomic mass is 79.9. The first-order valence-electron chi connectivity index (χ1n) is 4.57. The lowest BCUT2D eigenvalue weighted by atomic mass is 10.3. The number of halogens is 3. The van der Waals surface area contributed by atoms with Crippen molar-refractivity contribution in [3.05, 3.63) is 40.5 Å². The van der Waals surface area contributed by atoms with Crippen LogP contribution in [0.1, 0.15) is 0 Å². The number of nitrogens with zero attached hydrogens (tertiary/aromatic N) is 1. The predicted octanol–water partition coefficient (Wildman–Crippen LogP) is 2.25. The topological polar surface area (TPSA) is 74.8 Å². The van der Waals surface area contributed by atoms with E-state index in [0.29, 0.717) is 4.47 Å². The minimum absolute atomic E-state index is 0.0161. The van der Waals surface area contributed by atoms with Crippen molar-refractivity contribution in [3.63, 3.8) is 0 Å². The Balaban J connectivity index is 2.47. The van der Waals surface area contributed by atoms with E-state index in [9.17, 15) is 17.2 Å². The van der Waals surface area contributed by atoms with Gasteiger partial charge in [-0.15, -0.1) is 0 Å². The lowest BCUT2D eigenvalue weighted by molar-refractivity contribution is 0.521. The summed E-state index contributed by atoms with van der Waals surface area (Å²) in [6.45, 7) is 0. The number of sulfonamides is 1. The zero-order chi connectivity index (χ0) is 13.3. The van der Waals surface area contributed by atoms with E-state index < -0.39 is 26.6 Å². The number of benzene rings is 1. The maximum atomic E-state index is 13.4. The number of hydrogen-bond donors (Lipinski definition) is 2. The van der Waals surface area contributed by atoms with E-state index in [1.165, 1.54) is 6.20 Å². The second kappa shape index (κ2) is 4.65. The maximum Gasteiger partial charge on any atom is 0.268 e. The first kappa shape index (κ1) is 13.0. The van der Waals surface area contributed by atoms with Gasteiger partial charge in [0.1, 0.15) is 17.5 Å². The smallest absolute Gasteiger partial charge is 0.263 e. The number of aromatic amines is 1. The highest BCUT2D eigenvalue weighted by molar-refractivity contribution is 9.10. The van der Waals surface area contributed by atoms with Crippen LogP contribution in [0, 0.1) is 11.6 Å². The molecule has 0 fully saturated rings. The van der Waals surface area contributed by atoms with Crippen LogP contribution in [0.5, 0.6) is 0 Å². The van der Waals surface area contributed by atoms with Gasteiger partial charge in [0, 0.05) is 0 Å². The standard InChI is InChI=1S/C9H6BrF2N3O2S/c10-5-4-13-14-9(5)15-18(16,17)8-6(11)2-1-3-7(8)12/h1-4H,(H2,13,14,15). The van der Waals surface area contributed by atoms with Crippen molar-refractivity contribution >= 4 is 31.8 Å². The van der Waals surface area contributed by atoms with Gasteiger partial charge in [-0.2, -0.15) is 5.10 Å². The van der Waals surface area contributed by atoms with Crippen molar-refractivity contribution in [2.45, 2.75) is 4.90 Å². The van der Waals surface area contributed by atoms with Crippen molar-refractivity contribution < 1.29 is 17.2 Å². The van der Waals surface area contributed by atoms with Gasteiger partial charge in [-0.3, -0.25) is 9.82 Å². The monoisotopic (exact) mass is 337 g/mol. The van der Waals surface area contributed by atoms with Crippen LogP contribution < -0.4 is 4.72 Å². The summed E-state index contributed by atoms with van der Waals surface area (Å²) in [5.41, 5.74) is 0. The van der Waals surface area contributed by atoms with E-state index >= 15 is 0 Å². The van der Waals surface area contributed by atoms with E-state index in [1.54, 1.807) is 0 Å². The third-order valence-electron chi connectivity index (χ3n) is 2.02. The molecule has 2 rings (SSSR count). The fraction of sp³-hybridized carbons (Fsp3) is 0. The Kier molecular flexibility index (Phi) is 3.35. The molecule has 0 unspecified atom stereocenters. The molecule has 0 saturated carbocycles. The average molecular weight is 338 g/mol. The molecule has 1 aromatic heterocycles. The lowest BCUT2D eigenvalue weighted by Crippen LogP contribution is -2.16. The highest BCUT2D eigenvalue weighted by Crippen LogP contribution is 2.24. The van der Waals surface area contributed by atoms with Gasteiger partial charge in [-0.25, -0.2) is 17.2 Å². The van der Waals surface area contributed by atoms with Gasteiger partial charge in [0.15, 0.2) is 4.90 Å². The van der Waals surface area contributed by atoms with Crippen LogP contribution in [-0.2, 0) is 10.0 Å². The zero-order valence-electron chi connectivity index (χ0n) is 8.62.